The van der Waals surface area contributed by atoms with Crippen molar-refractivity contribution >= 4 is 11.7 Å². The first-order valence-electron chi connectivity index (χ1n) is 7.84. The minimum atomic E-state index is -0.363. The van der Waals surface area contributed by atoms with Gasteiger partial charge in [-0.15, -0.1) is 0 Å². The fourth-order valence-corrected chi connectivity index (χ4v) is 2.27. The number of hydrogen-bond acceptors (Lipinski definition) is 6. The number of nitrogens with zero attached hydrogens (tertiary/aromatic N) is 2. The predicted octanol–water partition coefficient (Wildman–Crippen LogP) is 3.08. The number of para-hydroxylation sites is 1. The molecule has 134 valence electrons. The van der Waals surface area contributed by atoms with Gasteiger partial charge in [0, 0.05) is 11.8 Å². The molecule has 0 bridgehead atoms. The second-order valence-electron chi connectivity index (χ2n) is 5.25. The monoisotopic (exact) mass is 354 g/mol. The Hall–Kier alpha value is -3.55. The first-order chi connectivity index (χ1) is 12.7. The van der Waals surface area contributed by atoms with Gasteiger partial charge in [0.25, 0.3) is 0 Å². The molecule has 2 amide bonds. The molecule has 8 nitrogen and oxygen atoms in total. The lowest BCUT2D eigenvalue weighted by Crippen LogP contribution is -2.28. The van der Waals surface area contributed by atoms with Crippen LogP contribution in [0.1, 0.15) is 5.89 Å². The number of amides is 2. The van der Waals surface area contributed by atoms with Crippen LogP contribution in [0.25, 0.3) is 11.4 Å². The van der Waals surface area contributed by atoms with Crippen molar-refractivity contribution in [1.29, 1.82) is 0 Å². The van der Waals surface area contributed by atoms with Crippen LogP contribution < -0.4 is 20.1 Å². The normalized spacial score (nSPS) is 10.2. The largest absolute Gasteiger partial charge is 0.497 e. The van der Waals surface area contributed by atoms with Gasteiger partial charge in [0.05, 0.1) is 26.3 Å². The molecule has 0 fully saturated rings. The molecule has 26 heavy (non-hydrogen) atoms. The molecule has 2 N–H and O–H groups in total. The summed E-state index contributed by atoms with van der Waals surface area (Å²) in [6.07, 6.45) is 0. The van der Waals surface area contributed by atoms with Gasteiger partial charge in [0.15, 0.2) is 0 Å². The van der Waals surface area contributed by atoms with Crippen LogP contribution in [0.3, 0.4) is 0 Å². The molecule has 0 unspecified atom stereocenters. The molecule has 0 aliphatic carbocycles. The number of carbonyl (C=O) groups is 1. The Labute approximate surface area is 150 Å². The lowest BCUT2D eigenvalue weighted by Gasteiger charge is -2.07. The van der Waals surface area contributed by atoms with E-state index in [-0.39, 0.29) is 18.5 Å². The summed E-state index contributed by atoms with van der Waals surface area (Å²) in [5.41, 5.74) is 1.36. The highest BCUT2D eigenvalue weighted by atomic mass is 16.5. The Morgan fingerprint density at radius 1 is 1.12 bits per heavy atom. The smallest absolute Gasteiger partial charge is 0.319 e. The van der Waals surface area contributed by atoms with Crippen LogP contribution in [0.4, 0.5) is 10.5 Å². The van der Waals surface area contributed by atoms with Crippen LogP contribution >= 0.6 is 0 Å². The average Bonchev–Trinajstić information content (AvgIpc) is 3.15. The topological polar surface area (TPSA) is 98.5 Å². The van der Waals surface area contributed by atoms with Crippen molar-refractivity contribution in [2.45, 2.75) is 6.54 Å². The van der Waals surface area contributed by atoms with Crippen LogP contribution in [-0.2, 0) is 6.54 Å². The molecule has 1 heterocycles. The highest BCUT2D eigenvalue weighted by molar-refractivity contribution is 5.89. The minimum absolute atomic E-state index is 0.101. The van der Waals surface area contributed by atoms with Gasteiger partial charge in [0.1, 0.15) is 11.5 Å². The van der Waals surface area contributed by atoms with Gasteiger partial charge >= 0.3 is 6.03 Å². The summed E-state index contributed by atoms with van der Waals surface area (Å²) in [5, 5.41) is 9.30. The number of ether oxygens (including phenoxy) is 2. The first kappa shape index (κ1) is 17.3. The third-order valence-corrected chi connectivity index (χ3v) is 3.55. The highest BCUT2D eigenvalue weighted by Gasteiger charge is 2.14. The Bertz CT molecular complexity index is 880. The molecular weight excluding hydrogens is 336 g/mol. The van der Waals surface area contributed by atoms with Gasteiger partial charge in [-0.2, -0.15) is 4.98 Å². The summed E-state index contributed by atoms with van der Waals surface area (Å²) in [7, 11) is 3.13. The molecule has 1 aromatic heterocycles. The molecule has 0 aliphatic heterocycles. The van der Waals surface area contributed by atoms with Crippen molar-refractivity contribution in [2.75, 3.05) is 19.5 Å². The maximum Gasteiger partial charge on any atom is 0.319 e. The van der Waals surface area contributed by atoms with Gasteiger partial charge < -0.3 is 24.6 Å². The van der Waals surface area contributed by atoms with E-state index in [1.807, 2.05) is 18.2 Å². The van der Waals surface area contributed by atoms with Crippen LogP contribution in [0.5, 0.6) is 11.5 Å². The van der Waals surface area contributed by atoms with Crippen molar-refractivity contribution in [3.63, 3.8) is 0 Å². The number of carbonyl (C=O) groups excluding carboxylic acids is 1. The fraction of sp³-hybridized carbons (Fsp3) is 0.167. The lowest BCUT2D eigenvalue weighted by molar-refractivity contribution is 0.249. The molecule has 3 rings (SSSR count). The molecule has 0 atom stereocenters. The average molecular weight is 354 g/mol. The number of anilines is 1. The van der Waals surface area contributed by atoms with E-state index in [2.05, 4.69) is 20.8 Å². The Morgan fingerprint density at radius 3 is 2.65 bits per heavy atom. The molecule has 0 aliphatic rings. The standard InChI is InChI=1S/C18H18N4O4/c1-24-13-8-9-14(15(10-13)25-2)17-21-16(26-22-17)11-19-18(23)20-12-6-4-3-5-7-12/h3-10H,11H2,1-2H3,(H2,19,20,23). The van der Waals surface area contributed by atoms with E-state index < -0.39 is 0 Å². The third kappa shape index (κ3) is 4.10. The Morgan fingerprint density at radius 2 is 1.92 bits per heavy atom. The van der Waals surface area contributed by atoms with Gasteiger partial charge in [-0.05, 0) is 24.3 Å². The number of methoxy groups -OCH3 is 2. The zero-order valence-electron chi connectivity index (χ0n) is 14.4. The van der Waals surface area contributed by atoms with Crippen molar-refractivity contribution in [1.82, 2.24) is 15.5 Å². The van der Waals surface area contributed by atoms with Crippen molar-refractivity contribution in [3.8, 4) is 22.9 Å². The van der Waals surface area contributed by atoms with E-state index in [1.165, 1.54) is 0 Å². The fourth-order valence-electron chi connectivity index (χ4n) is 2.27. The molecular formula is C18H18N4O4. The van der Waals surface area contributed by atoms with Gasteiger partial charge in [-0.3, -0.25) is 0 Å². The zero-order valence-corrected chi connectivity index (χ0v) is 14.4. The Balaban J connectivity index is 1.64. The van der Waals surface area contributed by atoms with Crippen molar-refractivity contribution in [3.05, 3.63) is 54.4 Å². The second-order valence-corrected chi connectivity index (χ2v) is 5.25. The van der Waals surface area contributed by atoms with Crippen LogP contribution in [0, 0.1) is 0 Å². The first-order valence-corrected chi connectivity index (χ1v) is 7.84. The minimum Gasteiger partial charge on any atom is -0.497 e. The number of nitrogens with one attached hydrogen (secondary N) is 2. The maximum absolute atomic E-state index is 11.9. The Kier molecular flexibility index (Phi) is 5.33. The molecule has 0 radical (unpaired) electrons. The molecule has 8 heteroatoms. The van der Waals surface area contributed by atoms with Gasteiger partial charge in [-0.1, -0.05) is 23.4 Å². The van der Waals surface area contributed by atoms with Crippen LogP contribution in [0.15, 0.2) is 53.1 Å². The summed E-state index contributed by atoms with van der Waals surface area (Å²) in [6, 6.07) is 14.1. The van der Waals surface area contributed by atoms with Crippen molar-refractivity contribution in [2.24, 2.45) is 0 Å². The quantitative estimate of drug-likeness (QED) is 0.706. The SMILES string of the molecule is COc1ccc(-c2noc(CNC(=O)Nc3ccccc3)n2)c(OC)c1. The summed E-state index contributed by atoms with van der Waals surface area (Å²) >= 11 is 0. The number of urea groups is 1. The molecule has 0 saturated carbocycles. The zero-order chi connectivity index (χ0) is 18.4. The van der Waals surface area contributed by atoms with E-state index in [4.69, 9.17) is 14.0 Å². The maximum atomic E-state index is 11.9. The summed E-state index contributed by atoms with van der Waals surface area (Å²) in [5.74, 6) is 1.87. The molecule has 3 aromatic rings. The van der Waals surface area contributed by atoms with Crippen LogP contribution in [0.2, 0.25) is 0 Å². The van der Waals surface area contributed by atoms with E-state index in [1.54, 1.807) is 44.6 Å². The lowest BCUT2D eigenvalue weighted by atomic mass is 10.2. The van der Waals surface area contributed by atoms with E-state index in [0.717, 1.165) is 0 Å². The summed E-state index contributed by atoms with van der Waals surface area (Å²) in [4.78, 5) is 16.2. The molecule has 0 spiro atoms. The predicted molar refractivity (Wildman–Crippen MR) is 95.1 cm³/mol. The third-order valence-electron chi connectivity index (χ3n) is 3.55. The van der Waals surface area contributed by atoms with Crippen molar-refractivity contribution < 1.29 is 18.8 Å². The van der Waals surface area contributed by atoms with E-state index in [9.17, 15) is 4.79 Å². The van der Waals surface area contributed by atoms with Gasteiger partial charge in [0.2, 0.25) is 11.7 Å². The second kappa shape index (κ2) is 8.02. The highest BCUT2D eigenvalue weighted by Crippen LogP contribution is 2.31. The van der Waals surface area contributed by atoms with E-state index >= 15 is 0 Å². The molecule has 0 saturated heterocycles. The van der Waals surface area contributed by atoms with Gasteiger partial charge in [-0.25, -0.2) is 4.79 Å². The summed E-state index contributed by atoms with van der Waals surface area (Å²) < 4.78 is 15.7. The number of benzene rings is 2. The number of aromatic nitrogens is 2. The van der Waals surface area contributed by atoms with Crippen LogP contribution in [-0.4, -0.2) is 30.4 Å². The van der Waals surface area contributed by atoms with E-state index in [0.29, 0.717) is 28.6 Å². The number of hydrogen-bond donors (Lipinski definition) is 2. The molecule has 2 aromatic carbocycles. The summed E-state index contributed by atoms with van der Waals surface area (Å²) in [6.45, 7) is 0.101. The number of rotatable bonds is 6.